The Labute approximate surface area is 111 Å². The Kier molecular flexibility index (Phi) is 4.79. The van der Waals surface area contributed by atoms with Crippen molar-refractivity contribution in [3.05, 3.63) is 24.3 Å². The summed E-state index contributed by atoms with van der Waals surface area (Å²) < 4.78 is 5.17. The van der Waals surface area contributed by atoms with E-state index >= 15 is 0 Å². The minimum Gasteiger partial charge on any atom is -0.378 e. The largest absolute Gasteiger partial charge is 0.378 e. The Bertz CT molecular complexity index is 432. The van der Waals surface area contributed by atoms with Gasteiger partial charge in [-0.15, -0.1) is 0 Å². The van der Waals surface area contributed by atoms with Gasteiger partial charge in [-0.3, -0.25) is 14.6 Å². The number of carbonyl (C=O) groups is 2. The molecule has 0 unspecified atom stereocenters. The van der Waals surface area contributed by atoms with Crippen LogP contribution in [0, 0.1) is 0 Å². The lowest BCUT2D eigenvalue weighted by atomic mass is 10.3. The Balaban J connectivity index is 1.71. The predicted octanol–water partition coefficient (Wildman–Crippen LogP) is -0.545. The van der Waals surface area contributed by atoms with Crippen LogP contribution in [-0.2, 0) is 9.53 Å². The smallest absolute Gasteiger partial charge is 0.271 e. The van der Waals surface area contributed by atoms with E-state index in [1.807, 2.05) is 0 Å². The number of morpholine rings is 1. The highest BCUT2D eigenvalue weighted by Gasteiger charge is 2.16. The quantitative estimate of drug-likeness (QED) is 0.789. The molecular formula is C12H16N4O3. The summed E-state index contributed by atoms with van der Waals surface area (Å²) in [5.74, 6) is -0.286. The van der Waals surface area contributed by atoms with Gasteiger partial charge in [0.1, 0.15) is 5.69 Å². The normalized spacial score (nSPS) is 15.1. The maximum atomic E-state index is 11.8. The average Bonchev–Trinajstić information content (AvgIpc) is 2.49. The van der Waals surface area contributed by atoms with E-state index in [9.17, 15) is 9.59 Å². The van der Waals surface area contributed by atoms with Gasteiger partial charge in [0.25, 0.3) is 5.91 Å². The van der Waals surface area contributed by atoms with Gasteiger partial charge in [-0.1, -0.05) is 0 Å². The third-order valence-electron chi connectivity index (χ3n) is 2.78. The zero-order chi connectivity index (χ0) is 13.5. The van der Waals surface area contributed by atoms with Crippen LogP contribution < -0.4 is 5.32 Å². The van der Waals surface area contributed by atoms with Crippen molar-refractivity contribution in [1.82, 2.24) is 20.2 Å². The van der Waals surface area contributed by atoms with E-state index in [2.05, 4.69) is 15.3 Å². The molecule has 0 saturated carbocycles. The summed E-state index contributed by atoms with van der Waals surface area (Å²) in [6.07, 6.45) is 4.62. The average molecular weight is 264 g/mol. The number of ether oxygens (including phenoxy) is 1. The van der Waals surface area contributed by atoms with Gasteiger partial charge in [-0.25, -0.2) is 4.98 Å². The number of hydrogen-bond donors (Lipinski definition) is 1. The maximum absolute atomic E-state index is 11.8. The van der Waals surface area contributed by atoms with E-state index in [1.165, 1.54) is 18.6 Å². The SMILES string of the molecule is O=C(NCCC(=O)N1CCOCC1)c1cnccn1. The van der Waals surface area contributed by atoms with Crippen molar-refractivity contribution in [1.29, 1.82) is 0 Å². The van der Waals surface area contributed by atoms with Crippen LogP contribution >= 0.6 is 0 Å². The van der Waals surface area contributed by atoms with Crippen LogP contribution in [-0.4, -0.2) is 59.5 Å². The monoisotopic (exact) mass is 264 g/mol. The van der Waals surface area contributed by atoms with Crippen LogP contribution in [0.1, 0.15) is 16.9 Å². The lowest BCUT2D eigenvalue weighted by Crippen LogP contribution is -2.42. The first kappa shape index (κ1) is 13.4. The van der Waals surface area contributed by atoms with Gasteiger partial charge in [0, 0.05) is 38.4 Å². The number of rotatable bonds is 4. The fourth-order valence-electron chi connectivity index (χ4n) is 1.76. The summed E-state index contributed by atoms with van der Waals surface area (Å²) in [5.41, 5.74) is 0.251. The molecule has 2 rings (SSSR count). The fraction of sp³-hybridized carbons (Fsp3) is 0.500. The topological polar surface area (TPSA) is 84.4 Å². The molecule has 2 heterocycles. The van der Waals surface area contributed by atoms with Crippen LogP contribution in [0.15, 0.2) is 18.6 Å². The van der Waals surface area contributed by atoms with E-state index in [4.69, 9.17) is 4.74 Å². The fourth-order valence-corrected chi connectivity index (χ4v) is 1.76. The molecule has 1 saturated heterocycles. The summed E-state index contributed by atoms with van der Waals surface area (Å²) in [5, 5.41) is 2.65. The molecule has 0 radical (unpaired) electrons. The zero-order valence-electron chi connectivity index (χ0n) is 10.5. The summed E-state index contributed by atoms with van der Waals surface area (Å²) in [6, 6.07) is 0. The second-order valence-corrected chi connectivity index (χ2v) is 4.09. The molecule has 19 heavy (non-hydrogen) atoms. The molecule has 1 aliphatic rings. The second-order valence-electron chi connectivity index (χ2n) is 4.09. The predicted molar refractivity (Wildman–Crippen MR) is 66.4 cm³/mol. The van der Waals surface area contributed by atoms with Gasteiger partial charge in [-0.2, -0.15) is 0 Å². The molecule has 102 valence electrons. The van der Waals surface area contributed by atoms with Gasteiger partial charge in [-0.05, 0) is 0 Å². The zero-order valence-corrected chi connectivity index (χ0v) is 10.5. The number of aromatic nitrogens is 2. The van der Waals surface area contributed by atoms with Gasteiger partial charge in [0.2, 0.25) is 5.91 Å². The first-order valence-corrected chi connectivity index (χ1v) is 6.17. The molecule has 1 fully saturated rings. The summed E-state index contributed by atoms with van der Waals surface area (Å²) in [6.45, 7) is 2.70. The van der Waals surface area contributed by atoms with Crippen molar-refractivity contribution in [2.45, 2.75) is 6.42 Å². The number of hydrogen-bond acceptors (Lipinski definition) is 5. The lowest BCUT2D eigenvalue weighted by molar-refractivity contribution is -0.135. The molecule has 1 aromatic rings. The number of amides is 2. The Morgan fingerprint density at radius 3 is 2.79 bits per heavy atom. The van der Waals surface area contributed by atoms with E-state index in [-0.39, 0.29) is 23.9 Å². The first-order valence-electron chi connectivity index (χ1n) is 6.17. The molecule has 1 aliphatic heterocycles. The lowest BCUT2D eigenvalue weighted by Gasteiger charge is -2.26. The molecule has 1 aromatic heterocycles. The van der Waals surface area contributed by atoms with Gasteiger partial charge >= 0.3 is 0 Å². The van der Waals surface area contributed by atoms with Crippen molar-refractivity contribution in [3.63, 3.8) is 0 Å². The minimum absolute atomic E-state index is 0.0303. The maximum Gasteiger partial charge on any atom is 0.271 e. The van der Waals surface area contributed by atoms with Crippen LogP contribution in [0.25, 0.3) is 0 Å². The Morgan fingerprint density at radius 2 is 2.11 bits per heavy atom. The molecule has 2 amide bonds. The molecule has 0 bridgehead atoms. The molecule has 0 aromatic carbocycles. The Hall–Kier alpha value is -2.02. The Morgan fingerprint density at radius 1 is 1.32 bits per heavy atom. The van der Waals surface area contributed by atoms with Crippen molar-refractivity contribution < 1.29 is 14.3 Å². The molecule has 7 heteroatoms. The molecule has 0 spiro atoms. The molecule has 1 N–H and O–H groups in total. The van der Waals surface area contributed by atoms with Gasteiger partial charge in [0.05, 0.1) is 19.4 Å². The van der Waals surface area contributed by atoms with Crippen molar-refractivity contribution in [2.24, 2.45) is 0 Å². The van der Waals surface area contributed by atoms with E-state index in [0.717, 1.165) is 0 Å². The molecule has 0 atom stereocenters. The third-order valence-corrected chi connectivity index (χ3v) is 2.78. The second kappa shape index (κ2) is 6.79. The van der Waals surface area contributed by atoms with Crippen molar-refractivity contribution in [2.75, 3.05) is 32.8 Å². The first-order chi connectivity index (χ1) is 9.27. The highest BCUT2D eigenvalue weighted by atomic mass is 16.5. The molecule has 7 nitrogen and oxygen atoms in total. The highest BCUT2D eigenvalue weighted by molar-refractivity contribution is 5.92. The number of carbonyl (C=O) groups excluding carboxylic acids is 2. The van der Waals surface area contributed by atoms with Crippen LogP contribution in [0.3, 0.4) is 0 Å². The van der Waals surface area contributed by atoms with Crippen LogP contribution in [0.5, 0.6) is 0 Å². The summed E-state index contributed by atoms with van der Waals surface area (Å²) in [7, 11) is 0. The van der Waals surface area contributed by atoms with E-state index in [1.54, 1.807) is 4.90 Å². The van der Waals surface area contributed by atoms with Gasteiger partial charge in [0.15, 0.2) is 0 Å². The summed E-state index contributed by atoms with van der Waals surface area (Å²) >= 11 is 0. The number of nitrogens with one attached hydrogen (secondary N) is 1. The molecule has 0 aliphatic carbocycles. The standard InChI is InChI=1S/C12H16N4O3/c17-11(16-5-7-19-8-6-16)1-2-15-12(18)10-9-13-3-4-14-10/h3-4,9H,1-2,5-8H2,(H,15,18). The summed E-state index contributed by atoms with van der Waals surface area (Å²) in [4.78, 5) is 32.9. The van der Waals surface area contributed by atoms with Gasteiger partial charge < -0.3 is 15.0 Å². The van der Waals surface area contributed by atoms with E-state index < -0.39 is 0 Å². The molecular weight excluding hydrogens is 248 g/mol. The number of nitrogens with zero attached hydrogens (tertiary/aromatic N) is 3. The van der Waals surface area contributed by atoms with Crippen molar-refractivity contribution in [3.8, 4) is 0 Å². The highest BCUT2D eigenvalue weighted by Crippen LogP contribution is 1.99. The minimum atomic E-state index is -0.317. The van der Waals surface area contributed by atoms with Crippen LogP contribution in [0.2, 0.25) is 0 Å². The van der Waals surface area contributed by atoms with Crippen LogP contribution in [0.4, 0.5) is 0 Å². The van der Waals surface area contributed by atoms with E-state index in [0.29, 0.717) is 32.8 Å². The van der Waals surface area contributed by atoms with Crippen molar-refractivity contribution >= 4 is 11.8 Å². The third kappa shape index (κ3) is 3.99.